The molecule has 0 amide bonds. The number of hydrogen-bond acceptors (Lipinski definition) is 4. The molecule has 0 aliphatic rings. The Kier molecular flexibility index (Phi) is 3.69. The van der Waals surface area contributed by atoms with Crippen molar-refractivity contribution in [3.63, 3.8) is 0 Å². The van der Waals surface area contributed by atoms with Crippen molar-refractivity contribution in [2.75, 3.05) is 6.26 Å². The number of nitrogens with zero attached hydrogens (tertiary/aromatic N) is 3. The van der Waals surface area contributed by atoms with Gasteiger partial charge in [-0.15, -0.1) is 23.1 Å². The molecule has 0 aliphatic heterocycles. The van der Waals surface area contributed by atoms with Gasteiger partial charge in [0.2, 0.25) is 0 Å². The summed E-state index contributed by atoms with van der Waals surface area (Å²) in [6, 6.07) is 8.53. The number of thiophene rings is 1. The maximum absolute atomic E-state index is 13.9. The second-order valence-electron chi connectivity index (χ2n) is 5.50. The Morgan fingerprint density at radius 2 is 2.12 bits per heavy atom. The summed E-state index contributed by atoms with van der Waals surface area (Å²) >= 11 is 3.35. The highest BCUT2D eigenvalue weighted by Crippen LogP contribution is 2.36. The van der Waals surface area contributed by atoms with Gasteiger partial charge in [-0.3, -0.25) is 4.79 Å². The van der Waals surface area contributed by atoms with Crippen LogP contribution in [0.25, 0.3) is 21.1 Å². The van der Waals surface area contributed by atoms with Crippen molar-refractivity contribution in [1.29, 1.82) is 0 Å². The largest absolute Gasteiger partial charge is 0.338 e. The number of benzene rings is 1. The van der Waals surface area contributed by atoms with E-state index in [4.69, 9.17) is 0 Å². The molecule has 0 saturated carbocycles. The summed E-state index contributed by atoms with van der Waals surface area (Å²) in [7, 11) is 1.89. The number of hydrogen-bond donors (Lipinski definition) is 0. The summed E-state index contributed by atoms with van der Waals surface area (Å²) in [4.78, 5) is 12.8. The van der Waals surface area contributed by atoms with E-state index in [1.165, 1.54) is 15.0 Å². The lowest BCUT2D eigenvalue weighted by Gasteiger charge is -2.06. The van der Waals surface area contributed by atoms with E-state index in [-0.39, 0.29) is 17.9 Å². The van der Waals surface area contributed by atoms with Crippen molar-refractivity contribution >= 4 is 44.2 Å². The van der Waals surface area contributed by atoms with Gasteiger partial charge in [-0.1, -0.05) is 18.2 Å². The van der Waals surface area contributed by atoms with Crippen LogP contribution in [0.5, 0.6) is 0 Å². The first-order valence-electron chi connectivity index (χ1n) is 7.35. The van der Waals surface area contributed by atoms with E-state index in [1.54, 1.807) is 47.5 Å². The van der Waals surface area contributed by atoms with Crippen LogP contribution in [0.3, 0.4) is 0 Å². The van der Waals surface area contributed by atoms with Crippen LogP contribution in [0.15, 0.2) is 45.5 Å². The molecule has 4 rings (SSSR count). The smallest absolute Gasteiger partial charge is 0.291 e. The highest BCUT2D eigenvalue weighted by Gasteiger charge is 2.17. The number of rotatable bonds is 3. The summed E-state index contributed by atoms with van der Waals surface area (Å²) in [5, 5.41) is 5.12. The molecule has 4 nitrogen and oxygen atoms in total. The molecule has 0 unspecified atom stereocenters. The van der Waals surface area contributed by atoms with E-state index in [9.17, 15) is 9.18 Å². The van der Waals surface area contributed by atoms with Gasteiger partial charge in [-0.2, -0.15) is 5.10 Å². The topological polar surface area (TPSA) is 39.8 Å². The van der Waals surface area contributed by atoms with Gasteiger partial charge in [-0.05, 0) is 18.4 Å². The van der Waals surface area contributed by atoms with E-state index in [1.807, 2.05) is 17.9 Å². The Hall–Kier alpha value is -2.12. The molecule has 3 heterocycles. The predicted octanol–water partition coefficient (Wildman–Crippen LogP) is 3.86. The molecular weight excluding hydrogens is 345 g/mol. The lowest BCUT2D eigenvalue weighted by atomic mass is 10.2. The Bertz CT molecular complexity index is 1130. The van der Waals surface area contributed by atoms with Gasteiger partial charge >= 0.3 is 0 Å². The molecule has 0 saturated heterocycles. The van der Waals surface area contributed by atoms with Gasteiger partial charge < -0.3 is 4.57 Å². The van der Waals surface area contributed by atoms with Crippen LogP contribution >= 0.6 is 23.1 Å². The van der Waals surface area contributed by atoms with Crippen molar-refractivity contribution < 1.29 is 4.39 Å². The van der Waals surface area contributed by atoms with E-state index < -0.39 is 0 Å². The molecule has 7 heteroatoms. The Balaban J connectivity index is 1.91. The molecule has 0 atom stereocenters. The van der Waals surface area contributed by atoms with Crippen LogP contribution in [0.4, 0.5) is 4.39 Å². The quantitative estimate of drug-likeness (QED) is 0.522. The highest BCUT2D eigenvalue weighted by molar-refractivity contribution is 8.00. The first kappa shape index (κ1) is 15.4. The van der Waals surface area contributed by atoms with Crippen molar-refractivity contribution in [2.45, 2.75) is 10.8 Å². The Labute approximate surface area is 145 Å². The van der Waals surface area contributed by atoms with Crippen LogP contribution in [-0.2, 0) is 13.6 Å². The molecule has 0 N–H and O–H groups in total. The van der Waals surface area contributed by atoms with Crippen LogP contribution in [0.1, 0.15) is 5.56 Å². The van der Waals surface area contributed by atoms with Crippen molar-refractivity contribution in [3.05, 3.63) is 58.3 Å². The molecule has 0 radical (unpaired) electrons. The summed E-state index contributed by atoms with van der Waals surface area (Å²) in [5.41, 5.74) is 1.89. The lowest BCUT2D eigenvalue weighted by molar-refractivity contribution is 0.574. The van der Waals surface area contributed by atoms with Crippen LogP contribution < -0.4 is 5.56 Å². The highest BCUT2D eigenvalue weighted by atomic mass is 32.2. The average molecular weight is 359 g/mol. The zero-order chi connectivity index (χ0) is 16.8. The summed E-state index contributed by atoms with van der Waals surface area (Å²) in [6.07, 6.45) is 3.74. The first-order chi connectivity index (χ1) is 11.6. The minimum absolute atomic E-state index is 0.121. The molecule has 1 aromatic carbocycles. The maximum atomic E-state index is 13.9. The van der Waals surface area contributed by atoms with Crippen molar-refractivity contribution in [1.82, 2.24) is 14.3 Å². The van der Waals surface area contributed by atoms with E-state index >= 15 is 0 Å². The number of thioether (sulfide) groups is 1. The third kappa shape index (κ3) is 2.27. The number of aromatic nitrogens is 3. The fourth-order valence-electron chi connectivity index (χ4n) is 2.89. The number of fused-ring (bicyclic) bond motifs is 3. The minimum Gasteiger partial charge on any atom is -0.338 e. The van der Waals surface area contributed by atoms with Gasteiger partial charge in [0, 0.05) is 18.0 Å². The van der Waals surface area contributed by atoms with Crippen molar-refractivity contribution in [2.24, 2.45) is 7.05 Å². The second kappa shape index (κ2) is 5.75. The Morgan fingerprint density at radius 1 is 1.33 bits per heavy atom. The van der Waals surface area contributed by atoms with Gasteiger partial charge in [0.15, 0.2) is 0 Å². The molecular formula is C17H14FN3OS2. The van der Waals surface area contributed by atoms with E-state index in [0.717, 1.165) is 15.6 Å². The summed E-state index contributed by atoms with van der Waals surface area (Å²) in [6.45, 7) is 0.121. The zero-order valence-corrected chi connectivity index (χ0v) is 14.7. The van der Waals surface area contributed by atoms with Gasteiger partial charge in [-0.25, -0.2) is 9.07 Å². The maximum Gasteiger partial charge on any atom is 0.291 e. The van der Waals surface area contributed by atoms with Gasteiger partial charge in [0.1, 0.15) is 11.3 Å². The van der Waals surface area contributed by atoms with Gasteiger partial charge in [0.05, 0.1) is 27.2 Å². The molecule has 0 fully saturated rings. The van der Waals surface area contributed by atoms with Crippen LogP contribution in [0, 0.1) is 5.82 Å². The predicted molar refractivity (Wildman–Crippen MR) is 97.6 cm³/mol. The third-order valence-electron chi connectivity index (χ3n) is 4.13. The standard InChI is InChI=1S/C17H14FN3OS2/c1-20-13-7-14(23-2)24-16(13)11-8-19-21(17(22)15(11)20)9-10-5-3-4-6-12(10)18/h3-8H,9H2,1-2H3. The molecule has 0 aliphatic carbocycles. The number of halogens is 1. The SMILES string of the molecule is CSc1cc2c(s1)c1cnn(Cc3ccccc3F)c(=O)c1n2C. The molecule has 24 heavy (non-hydrogen) atoms. The normalized spacial score (nSPS) is 11.6. The van der Waals surface area contributed by atoms with Gasteiger partial charge in [0.25, 0.3) is 5.56 Å². The van der Waals surface area contributed by atoms with Crippen LogP contribution in [0.2, 0.25) is 0 Å². The lowest BCUT2D eigenvalue weighted by Crippen LogP contribution is -2.24. The van der Waals surface area contributed by atoms with E-state index in [0.29, 0.717) is 11.1 Å². The second-order valence-corrected chi connectivity index (χ2v) is 7.66. The molecule has 122 valence electrons. The molecule has 0 spiro atoms. The molecule has 0 bridgehead atoms. The average Bonchev–Trinajstić information content (AvgIpc) is 3.11. The monoisotopic (exact) mass is 359 g/mol. The third-order valence-corrected chi connectivity index (χ3v) is 6.35. The minimum atomic E-state index is -0.330. The first-order valence-corrected chi connectivity index (χ1v) is 9.39. The van der Waals surface area contributed by atoms with E-state index in [2.05, 4.69) is 11.2 Å². The fourth-order valence-corrected chi connectivity index (χ4v) is 4.64. The zero-order valence-electron chi connectivity index (χ0n) is 13.1. The Morgan fingerprint density at radius 3 is 2.88 bits per heavy atom. The summed E-state index contributed by atoms with van der Waals surface area (Å²) < 4.78 is 19.3. The molecule has 4 aromatic rings. The van der Waals surface area contributed by atoms with Crippen molar-refractivity contribution in [3.8, 4) is 0 Å². The molecule has 3 aromatic heterocycles. The number of aryl methyl sites for hydroxylation is 1. The van der Waals surface area contributed by atoms with Crippen LogP contribution in [-0.4, -0.2) is 20.6 Å². The fraction of sp³-hybridized carbons (Fsp3) is 0.176. The summed E-state index contributed by atoms with van der Waals surface area (Å²) in [5.74, 6) is -0.330.